The van der Waals surface area contributed by atoms with Crippen LogP contribution in [-0.4, -0.2) is 34.6 Å². The van der Waals surface area contributed by atoms with E-state index in [0.717, 1.165) is 17.6 Å². The molecule has 1 atom stereocenters. The Balaban J connectivity index is 2.49. The van der Waals surface area contributed by atoms with Crippen LogP contribution in [0.2, 0.25) is 0 Å². The third-order valence-electron chi connectivity index (χ3n) is 3.24. The number of rotatable bonds is 3. The maximum Gasteiger partial charge on any atom is 0.201 e. The van der Waals surface area contributed by atoms with Crippen molar-refractivity contribution in [3.8, 4) is 6.07 Å². The van der Waals surface area contributed by atoms with E-state index in [2.05, 4.69) is 22.9 Å². The number of benzene rings is 1. The quantitative estimate of drug-likeness (QED) is 0.885. The first-order chi connectivity index (χ1) is 8.52. The van der Waals surface area contributed by atoms with Gasteiger partial charge in [-0.25, -0.2) is 4.98 Å². The van der Waals surface area contributed by atoms with Crippen molar-refractivity contribution < 1.29 is 0 Å². The Kier molecular flexibility index (Phi) is 3.21. The van der Waals surface area contributed by atoms with E-state index >= 15 is 0 Å². The molecule has 2 aromatic rings. The second-order valence-electron chi connectivity index (χ2n) is 4.71. The number of hydrogen-bond acceptors (Lipinski definition) is 4. The van der Waals surface area contributed by atoms with Crippen LogP contribution in [0, 0.1) is 11.3 Å². The van der Waals surface area contributed by atoms with Crippen molar-refractivity contribution in [1.29, 1.82) is 5.26 Å². The molecule has 0 aliphatic heterocycles. The summed E-state index contributed by atoms with van der Waals surface area (Å²) in [5.74, 6) is 0.494. The average Bonchev–Trinajstić information content (AvgIpc) is 2.65. The van der Waals surface area contributed by atoms with Gasteiger partial charge in [-0.2, -0.15) is 5.26 Å². The second-order valence-corrected chi connectivity index (χ2v) is 4.71. The fourth-order valence-corrected chi connectivity index (χ4v) is 1.83. The molecule has 0 spiro atoms. The third-order valence-corrected chi connectivity index (χ3v) is 3.24. The highest BCUT2D eigenvalue weighted by Gasteiger charge is 2.12. The van der Waals surface area contributed by atoms with E-state index in [9.17, 15) is 0 Å². The van der Waals surface area contributed by atoms with Gasteiger partial charge < -0.3 is 15.2 Å². The van der Waals surface area contributed by atoms with Crippen LogP contribution in [-0.2, 0) is 6.54 Å². The number of nitrogens with two attached hydrogens (primary N) is 1. The van der Waals surface area contributed by atoms with Gasteiger partial charge in [0.15, 0.2) is 0 Å². The lowest BCUT2D eigenvalue weighted by atomic mass is 10.2. The number of imidazole rings is 1. The molecule has 94 valence electrons. The molecule has 5 nitrogen and oxygen atoms in total. The minimum Gasteiger partial charge on any atom is -0.369 e. The minimum atomic E-state index is 0.343. The smallest absolute Gasteiger partial charge is 0.201 e. The summed E-state index contributed by atoms with van der Waals surface area (Å²) in [6.45, 7) is 2.88. The molecule has 1 aromatic heterocycles. The van der Waals surface area contributed by atoms with Gasteiger partial charge in [-0.1, -0.05) is 0 Å². The maximum absolute atomic E-state index is 8.95. The van der Waals surface area contributed by atoms with E-state index in [4.69, 9.17) is 11.0 Å². The van der Waals surface area contributed by atoms with E-state index < -0.39 is 0 Å². The average molecular weight is 243 g/mol. The summed E-state index contributed by atoms with van der Waals surface area (Å²) in [6.07, 6.45) is 0. The molecule has 0 aliphatic carbocycles. The molecule has 0 amide bonds. The van der Waals surface area contributed by atoms with Gasteiger partial charge in [-0.05, 0) is 39.2 Å². The number of nitriles is 1. The van der Waals surface area contributed by atoms with Crippen molar-refractivity contribution in [1.82, 2.24) is 14.5 Å². The normalized spacial score (nSPS) is 12.8. The van der Waals surface area contributed by atoms with Crippen molar-refractivity contribution in [2.45, 2.75) is 19.5 Å². The van der Waals surface area contributed by atoms with Crippen LogP contribution in [0.25, 0.3) is 11.0 Å². The summed E-state index contributed by atoms with van der Waals surface area (Å²) in [7, 11) is 4.06. The molecule has 0 bridgehead atoms. The topological polar surface area (TPSA) is 70.9 Å². The van der Waals surface area contributed by atoms with Crippen molar-refractivity contribution in [2.24, 2.45) is 0 Å². The minimum absolute atomic E-state index is 0.343. The van der Waals surface area contributed by atoms with Gasteiger partial charge in [-0.15, -0.1) is 0 Å². The third kappa shape index (κ3) is 2.15. The number of aromatic nitrogens is 2. The molecule has 2 N–H and O–H groups in total. The summed E-state index contributed by atoms with van der Waals surface area (Å²) in [5.41, 5.74) is 8.32. The van der Waals surface area contributed by atoms with E-state index in [0.29, 0.717) is 17.6 Å². The zero-order chi connectivity index (χ0) is 13.3. The maximum atomic E-state index is 8.95. The van der Waals surface area contributed by atoms with E-state index in [1.165, 1.54) is 0 Å². The molecule has 1 aromatic carbocycles. The lowest BCUT2D eigenvalue weighted by molar-refractivity contribution is 0.287. The Labute approximate surface area is 106 Å². The van der Waals surface area contributed by atoms with Crippen molar-refractivity contribution in [3.05, 3.63) is 23.8 Å². The summed E-state index contributed by atoms with van der Waals surface area (Å²) in [4.78, 5) is 6.44. The molecule has 1 heterocycles. The molecular weight excluding hydrogens is 226 g/mol. The van der Waals surface area contributed by atoms with Crippen LogP contribution in [0.15, 0.2) is 18.2 Å². The highest BCUT2D eigenvalue weighted by Crippen LogP contribution is 2.20. The molecule has 0 saturated heterocycles. The first kappa shape index (κ1) is 12.4. The zero-order valence-corrected chi connectivity index (χ0v) is 10.9. The van der Waals surface area contributed by atoms with Gasteiger partial charge >= 0.3 is 0 Å². The SMILES string of the molecule is CC(Cn1c(N)nc2ccc(C#N)cc21)N(C)C. The van der Waals surface area contributed by atoms with E-state index in [1.54, 1.807) is 6.07 Å². The summed E-state index contributed by atoms with van der Waals surface area (Å²) in [6, 6.07) is 7.91. The molecular formula is C13H17N5. The second kappa shape index (κ2) is 4.67. The molecule has 0 fully saturated rings. The van der Waals surface area contributed by atoms with Crippen molar-refractivity contribution in [2.75, 3.05) is 19.8 Å². The lowest BCUT2D eigenvalue weighted by Gasteiger charge is -2.21. The monoisotopic (exact) mass is 243 g/mol. The van der Waals surface area contributed by atoms with E-state index in [1.807, 2.05) is 30.8 Å². The van der Waals surface area contributed by atoms with Gasteiger partial charge in [0.25, 0.3) is 0 Å². The highest BCUT2D eigenvalue weighted by molar-refractivity contribution is 5.79. The predicted octanol–water partition coefficient (Wildman–Crippen LogP) is 1.44. The standard InChI is InChI=1S/C13H17N5/c1-9(17(2)3)8-18-12-6-10(7-14)4-5-11(12)16-13(18)15/h4-6,9H,8H2,1-3H3,(H2,15,16). The van der Waals surface area contributed by atoms with Gasteiger partial charge in [0.1, 0.15) is 0 Å². The van der Waals surface area contributed by atoms with Gasteiger partial charge in [-0.3, -0.25) is 0 Å². The number of anilines is 1. The Morgan fingerprint density at radius 1 is 1.50 bits per heavy atom. The predicted molar refractivity (Wildman–Crippen MR) is 72.0 cm³/mol. The Morgan fingerprint density at radius 2 is 2.22 bits per heavy atom. The van der Waals surface area contributed by atoms with Gasteiger partial charge in [0.05, 0.1) is 22.7 Å². The van der Waals surface area contributed by atoms with Crippen LogP contribution >= 0.6 is 0 Å². The van der Waals surface area contributed by atoms with Gasteiger partial charge in [0, 0.05) is 12.6 Å². The number of fused-ring (bicyclic) bond motifs is 1. The number of nitrogen functional groups attached to an aromatic ring is 1. The first-order valence-corrected chi connectivity index (χ1v) is 5.85. The van der Waals surface area contributed by atoms with Crippen LogP contribution in [0.3, 0.4) is 0 Å². The zero-order valence-electron chi connectivity index (χ0n) is 10.9. The number of likely N-dealkylation sites (N-methyl/N-ethyl adjacent to an activating group) is 1. The molecule has 0 radical (unpaired) electrons. The number of hydrogen-bond donors (Lipinski definition) is 1. The summed E-state index contributed by atoms with van der Waals surface area (Å²) in [5, 5.41) is 8.95. The molecule has 2 rings (SSSR count). The number of nitrogens with zero attached hydrogens (tertiary/aromatic N) is 4. The fraction of sp³-hybridized carbons (Fsp3) is 0.385. The molecule has 0 saturated carbocycles. The van der Waals surface area contributed by atoms with Crippen LogP contribution in [0.1, 0.15) is 12.5 Å². The van der Waals surface area contributed by atoms with Gasteiger partial charge in [0.2, 0.25) is 5.95 Å². The van der Waals surface area contributed by atoms with Crippen LogP contribution in [0.4, 0.5) is 5.95 Å². The highest BCUT2D eigenvalue weighted by atomic mass is 15.2. The Bertz CT molecular complexity index is 606. The van der Waals surface area contributed by atoms with Crippen LogP contribution < -0.4 is 5.73 Å². The first-order valence-electron chi connectivity index (χ1n) is 5.85. The summed E-state index contributed by atoms with van der Waals surface area (Å²) < 4.78 is 1.96. The molecule has 5 heteroatoms. The molecule has 0 aliphatic rings. The van der Waals surface area contributed by atoms with Crippen LogP contribution in [0.5, 0.6) is 0 Å². The molecule has 1 unspecified atom stereocenters. The van der Waals surface area contributed by atoms with Crippen molar-refractivity contribution >= 4 is 17.0 Å². The largest absolute Gasteiger partial charge is 0.369 e. The van der Waals surface area contributed by atoms with Crippen molar-refractivity contribution in [3.63, 3.8) is 0 Å². The lowest BCUT2D eigenvalue weighted by Crippen LogP contribution is -2.29. The Hall–Kier alpha value is -2.06. The summed E-state index contributed by atoms with van der Waals surface area (Å²) >= 11 is 0. The van der Waals surface area contributed by atoms with E-state index in [-0.39, 0.29) is 0 Å². The fourth-order valence-electron chi connectivity index (χ4n) is 1.83. The Morgan fingerprint density at radius 3 is 2.83 bits per heavy atom. The molecule has 18 heavy (non-hydrogen) atoms.